The van der Waals surface area contributed by atoms with Crippen molar-refractivity contribution in [3.63, 3.8) is 0 Å². The Morgan fingerprint density at radius 2 is 2.05 bits per heavy atom. The second-order valence-electron chi connectivity index (χ2n) is 5.84. The van der Waals surface area contributed by atoms with E-state index in [1.807, 2.05) is 4.52 Å². The summed E-state index contributed by atoms with van der Waals surface area (Å²) in [6, 6.07) is 0.255. The monoisotopic (exact) mass is 293 g/mol. The summed E-state index contributed by atoms with van der Waals surface area (Å²) >= 11 is 1.62. The molecule has 108 valence electrons. The molecule has 2 aliphatic rings. The molecular weight excluding hydrogens is 274 g/mol. The van der Waals surface area contributed by atoms with Crippen LogP contribution in [0.1, 0.15) is 42.4 Å². The second-order valence-corrected chi connectivity index (χ2v) is 6.88. The molecule has 7 heteroatoms. The van der Waals surface area contributed by atoms with Gasteiger partial charge in [-0.2, -0.15) is 9.61 Å². The Labute approximate surface area is 121 Å². The van der Waals surface area contributed by atoms with Gasteiger partial charge in [0.2, 0.25) is 4.96 Å². The molecule has 6 nitrogen and oxygen atoms in total. The van der Waals surface area contributed by atoms with Crippen LogP contribution in [0.2, 0.25) is 0 Å². The zero-order valence-electron chi connectivity index (χ0n) is 11.4. The molecule has 1 aliphatic heterocycles. The van der Waals surface area contributed by atoms with E-state index in [4.69, 9.17) is 10.5 Å². The molecule has 0 aromatic carbocycles. The van der Waals surface area contributed by atoms with Gasteiger partial charge in [-0.3, -0.25) is 0 Å². The fraction of sp³-hybridized carbons (Fsp3) is 0.769. The summed E-state index contributed by atoms with van der Waals surface area (Å²) in [5.74, 6) is 2.12. The van der Waals surface area contributed by atoms with Crippen LogP contribution in [0.4, 0.5) is 0 Å². The summed E-state index contributed by atoms with van der Waals surface area (Å²) in [6.07, 6.45) is 5.44. The van der Waals surface area contributed by atoms with Gasteiger partial charge in [0.25, 0.3) is 0 Å². The number of ether oxygens (including phenoxy) is 1. The Bertz CT molecular complexity index is 599. The quantitative estimate of drug-likeness (QED) is 0.921. The van der Waals surface area contributed by atoms with E-state index in [-0.39, 0.29) is 6.04 Å². The van der Waals surface area contributed by atoms with Gasteiger partial charge < -0.3 is 10.5 Å². The fourth-order valence-corrected chi connectivity index (χ4v) is 3.77. The molecular formula is C13H19N5OS. The molecule has 20 heavy (non-hydrogen) atoms. The molecule has 1 aliphatic carbocycles. The minimum atomic E-state index is 0.255. The van der Waals surface area contributed by atoms with E-state index in [9.17, 15) is 0 Å². The van der Waals surface area contributed by atoms with Crippen LogP contribution >= 0.6 is 11.3 Å². The van der Waals surface area contributed by atoms with Crippen LogP contribution in [-0.2, 0) is 11.2 Å². The second kappa shape index (κ2) is 5.05. The molecule has 0 spiro atoms. The largest absolute Gasteiger partial charge is 0.381 e. The molecule has 1 unspecified atom stereocenters. The fourth-order valence-electron chi connectivity index (χ4n) is 2.86. The van der Waals surface area contributed by atoms with E-state index < -0.39 is 0 Å². The lowest BCUT2D eigenvalue weighted by molar-refractivity contribution is 0.0831. The first-order valence-corrected chi connectivity index (χ1v) is 8.17. The summed E-state index contributed by atoms with van der Waals surface area (Å²) in [4.78, 5) is 0.893. The van der Waals surface area contributed by atoms with Gasteiger partial charge in [-0.1, -0.05) is 11.3 Å². The number of hydrogen-bond donors (Lipinski definition) is 1. The Morgan fingerprint density at radius 1 is 1.25 bits per heavy atom. The molecule has 2 fully saturated rings. The molecule has 3 heterocycles. The normalized spacial score (nSPS) is 22.4. The first-order chi connectivity index (χ1) is 9.81. The van der Waals surface area contributed by atoms with E-state index in [1.165, 1.54) is 12.8 Å². The van der Waals surface area contributed by atoms with Crippen molar-refractivity contribution >= 4 is 16.3 Å². The smallest absolute Gasteiger partial charge is 0.234 e. The van der Waals surface area contributed by atoms with Crippen LogP contribution in [0.15, 0.2) is 0 Å². The maximum absolute atomic E-state index is 6.19. The van der Waals surface area contributed by atoms with Crippen molar-refractivity contribution < 1.29 is 4.74 Å². The molecule has 2 aromatic heterocycles. The Balaban J connectivity index is 1.57. The number of aromatic nitrogens is 4. The van der Waals surface area contributed by atoms with E-state index in [0.717, 1.165) is 48.3 Å². The number of nitrogens with two attached hydrogens (primary N) is 1. The van der Waals surface area contributed by atoms with Crippen molar-refractivity contribution in [2.24, 2.45) is 11.7 Å². The molecule has 1 atom stereocenters. The van der Waals surface area contributed by atoms with Crippen LogP contribution in [0.3, 0.4) is 0 Å². The molecule has 2 N–H and O–H groups in total. The van der Waals surface area contributed by atoms with E-state index in [0.29, 0.717) is 11.8 Å². The van der Waals surface area contributed by atoms with Crippen LogP contribution in [0, 0.1) is 5.92 Å². The first kappa shape index (κ1) is 12.7. The minimum Gasteiger partial charge on any atom is -0.381 e. The van der Waals surface area contributed by atoms with Gasteiger partial charge in [0.05, 0.1) is 0 Å². The van der Waals surface area contributed by atoms with Crippen molar-refractivity contribution in [3.8, 4) is 0 Å². The molecule has 1 saturated carbocycles. The van der Waals surface area contributed by atoms with Gasteiger partial charge in [-0.25, -0.2) is 0 Å². The van der Waals surface area contributed by atoms with Gasteiger partial charge in [-0.05, 0) is 31.6 Å². The predicted molar refractivity (Wildman–Crippen MR) is 75.9 cm³/mol. The lowest BCUT2D eigenvalue weighted by atomic mass is 10.00. The summed E-state index contributed by atoms with van der Waals surface area (Å²) in [6.45, 7) is 1.62. The Morgan fingerprint density at radius 3 is 2.80 bits per heavy atom. The van der Waals surface area contributed by atoms with Crippen molar-refractivity contribution in [3.05, 3.63) is 10.8 Å². The maximum Gasteiger partial charge on any atom is 0.234 e. The molecule has 1 saturated heterocycles. The zero-order chi connectivity index (χ0) is 13.5. The van der Waals surface area contributed by atoms with Crippen LogP contribution in [0.25, 0.3) is 4.96 Å². The number of hydrogen-bond acceptors (Lipinski definition) is 6. The van der Waals surface area contributed by atoms with Gasteiger partial charge in [-0.15, -0.1) is 10.2 Å². The van der Waals surface area contributed by atoms with Crippen molar-refractivity contribution in [2.45, 2.75) is 44.1 Å². The Kier molecular flexibility index (Phi) is 3.20. The third-order valence-electron chi connectivity index (χ3n) is 4.28. The number of fused-ring (bicyclic) bond motifs is 1. The lowest BCUT2D eigenvalue weighted by Gasteiger charge is -2.19. The van der Waals surface area contributed by atoms with E-state index >= 15 is 0 Å². The molecule has 2 aromatic rings. The standard InChI is InChI=1S/C13H19N5OS/c14-10(8-1-2-8)7-11-17-18-12(15-16-13(18)20-11)9-3-5-19-6-4-9/h8-10H,1-7,14H2. The molecule has 0 radical (unpaired) electrons. The van der Waals surface area contributed by atoms with Crippen molar-refractivity contribution in [1.29, 1.82) is 0 Å². The number of nitrogens with zero attached hydrogens (tertiary/aromatic N) is 4. The van der Waals surface area contributed by atoms with Crippen molar-refractivity contribution in [1.82, 2.24) is 19.8 Å². The highest BCUT2D eigenvalue weighted by atomic mass is 32.1. The maximum atomic E-state index is 6.19. The minimum absolute atomic E-state index is 0.255. The van der Waals surface area contributed by atoms with Gasteiger partial charge in [0, 0.05) is 31.6 Å². The summed E-state index contributed by atoms with van der Waals surface area (Å²) in [7, 11) is 0. The summed E-state index contributed by atoms with van der Waals surface area (Å²) in [5, 5.41) is 14.4. The van der Waals surface area contributed by atoms with E-state index in [2.05, 4.69) is 15.3 Å². The highest BCUT2D eigenvalue weighted by Gasteiger charge is 2.30. The van der Waals surface area contributed by atoms with Crippen molar-refractivity contribution in [2.75, 3.05) is 13.2 Å². The average molecular weight is 293 g/mol. The van der Waals surface area contributed by atoms with Gasteiger partial charge in [0.15, 0.2) is 5.82 Å². The highest BCUT2D eigenvalue weighted by Crippen LogP contribution is 2.33. The van der Waals surface area contributed by atoms with E-state index in [1.54, 1.807) is 11.3 Å². The average Bonchev–Trinajstić information content (AvgIpc) is 3.14. The first-order valence-electron chi connectivity index (χ1n) is 7.35. The zero-order valence-corrected chi connectivity index (χ0v) is 12.2. The van der Waals surface area contributed by atoms with Gasteiger partial charge in [0.1, 0.15) is 5.01 Å². The summed E-state index contributed by atoms with van der Waals surface area (Å²) in [5.41, 5.74) is 6.19. The van der Waals surface area contributed by atoms with Crippen LogP contribution in [0.5, 0.6) is 0 Å². The molecule has 0 bridgehead atoms. The van der Waals surface area contributed by atoms with Gasteiger partial charge >= 0.3 is 0 Å². The lowest BCUT2D eigenvalue weighted by Crippen LogP contribution is -2.25. The Hall–Kier alpha value is -1.05. The third-order valence-corrected chi connectivity index (χ3v) is 5.20. The highest BCUT2D eigenvalue weighted by molar-refractivity contribution is 7.16. The molecule has 4 rings (SSSR count). The SMILES string of the molecule is NC(Cc1nn2c(C3CCOCC3)nnc2s1)C1CC1. The molecule has 0 amide bonds. The summed E-state index contributed by atoms with van der Waals surface area (Å²) < 4.78 is 7.34. The number of rotatable bonds is 4. The third kappa shape index (κ3) is 2.34. The predicted octanol–water partition coefficient (Wildman–Crippen LogP) is 1.36. The topological polar surface area (TPSA) is 78.3 Å². The van der Waals surface area contributed by atoms with Crippen LogP contribution < -0.4 is 5.73 Å². The van der Waals surface area contributed by atoms with Crippen LogP contribution in [-0.4, -0.2) is 39.1 Å².